The first-order valence-electron chi connectivity index (χ1n) is 13.3. The molecule has 2 nitrogen and oxygen atoms in total. The lowest BCUT2D eigenvalue weighted by Crippen LogP contribution is -2.26. The maximum Gasteiger partial charge on any atom is 0.0639 e. The van der Waals surface area contributed by atoms with Gasteiger partial charge >= 0.3 is 0 Å². The lowest BCUT2D eigenvalue weighted by Gasteiger charge is -2.36. The Hall–Kier alpha value is -0.860. The van der Waals surface area contributed by atoms with Crippen LogP contribution in [0.2, 0.25) is 0 Å². The quantitative estimate of drug-likeness (QED) is 0.396. The number of aliphatic hydroxyl groups excluding tert-OH is 2. The summed E-state index contributed by atoms with van der Waals surface area (Å²) in [5, 5.41) is 18.0. The maximum atomic E-state index is 8.99. The van der Waals surface area contributed by atoms with E-state index < -0.39 is 0 Å². The van der Waals surface area contributed by atoms with Crippen LogP contribution in [0.15, 0.2) is 35.5 Å². The Balaban J connectivity index is 0.000000153. The molecular formula is C30H48O2. The molecule has 4 unspecified atom stereocenters. The minimum Gasteiger partial charge on any atom is -0.392 e. The second kappa shape index (κ2) is 8.73. The van der Waals surface area contributed by atoms with Gasteiger partial charge in [0.25, 0.3) is 0 Å². The van der Waals surface area contributed by atoms with Crippen LogP contribution in [0.1, 0.15) is 92.4 Å². The summed E-state index contributed by atoms with van der Waals surface area (Å²) < 4.78 is 0. The van der Waals surface area contributed by atoms with Gasteiger partial charge in [0.1, 0.15) is 0 Å². The van der Waals surface area contributed by atoms with Gasteiger partial charge in [0.2, 0.25) is 0 Å². The zero-order chi connectivity index (χ0) is 23.3. The molecule has 0 aromatic heterocycles. The molecule has 6 aliphatic rings. The summed E-state index contributed by atoms with van der Waals surface area (Å²) in [6.07, 6.45) is 16.4. The number of rotatable bonds is 8. The van der Waals surface area contributed by atoms with Crippen LogP contribution in [-0.2, 0) is 0 Å². The van der Waals surface area contributed by atoms with Gasteiger partial charge in [0.05, 0.1) is 13.2 Å². The maximum absolute atomic E-state index is 8.99. The topological polar surface area (TPSA) is 40.5 Å². The van der Waals surface area contributed by atoms with E-state index in [0.717, 1.165) is 53.6 Å². The minimum absolute atomic E-state index is 0.198. The number of allylic oxidation sites excluding steroid dienone is 3. The van der Waals surface area contributed by atoms with Crippen LogP contribution >= 0.6 is 0 Å². The van der Waals surface area contributed by atoms with Gasteiger partial charge < -0.3 is 10.2 Å². The molecule has 0 aliphatic heterocycles. The minimum atomic E-state index is 0.198. The zero-order valence-corrected chi connectivity index (χ0v) is 21.4. The predicted octanol–water partition coefficient (Wildman–Crippen LogP) is 7.09. The van der Waals surface area contributed by atoms with E-state index in [1.807, 2.05) is 13.8 Å². The van der Waals surface area contributed by atoms with Gasteiger partial charge in [-0.05, 0) is 117 Å². The van der Waals surface area contributed by atoms with Crippen molar-refractivity contribution in [2.45, 2.75) is 92.4 Å². The molecule has 0 saturated heterocycles. The number of aliphatic hydroxyl groups is 2. The number of hydrogen-bond donors (Lipinski definition) is 2. The van der Waals surface area contributed by atoms with E-state index >= 15 is 0 Å². The van der Waals surface area contributed by atoms with Crippen LogP contribution in [0.25, 0.3) is 0 Å². The highest BCUT2D eigenvalue weighted by atomic mass is 16.3. The molecule has 0 spiro atoms. The van der Waals surface area contributed by atoms with E-state index in [1.54, 1.807) is 0 Å². The zero-order valence-electron chi connectivity index (χ0n) is 21.4. The van der Waals surface area contributed by atoms with E-state index in [-0.39, 0.29) is 13.2 Å². The van der Waals surface area contributed by atoms with Gasteiger partial charge in [-0.25, -0.2) is 0 Å². The highest BCUT2D eigenvalue weighted by Crippen LogP contribution is 2.87. The third-order valence-electron chi connectivity index (χ3n) is 11.5. The van der Waals surface area contributed by atoms with E-state index in [2.05, 4.69) is 39.5 Å². The van der Waals surface area contributed by atoms with Crippen LogP contribution < -0.4 is 0 Å². The molecule has 6 saturated carbocycles. The third kappa shape index (κ3) is 3.68. The fraction of sp³-hybridized carbons (Fsp3) is 0.800. The summed E-state index contributed by atoms with van der Waals surface area (Å²) in [5.74, 6) is 4.86. The standard InChI is InChI=1S/2C15H24O/c1-10(9-16)5-4-6-14(2)11-7-12-13(8-11)15(12,14)3;1-11(10-16)5-4-8-15(3)12(2)13-6-7-14(15)9-13/h5,11-13,16H,4,6-9H2,1-3H3;5,13-14,16H,2,4,6-10H2,1,3H3/b;11-5-/t;13-,14+,15?/m.1/s1. The van der Waals surface area contributed by atoms with Crippen molar-refractivity contribution in [3.8, 4) is 0 Å². The van der Waals surface area contributed by atoms with Crippen molar-refractivity contribution in [1.29, 1.82) is 0 Å². The number of hydrogen-bond acceptors (Lipinski definition) is 2. The molecule has 32 heavy (non-hydrogen) atoms. The van der Waals surface area contributed by atoms with Crippen molar-refractivity contribution in [3.05, 3.63) is 35.5 Å². The van der Waals surface area contributed by atoms with Crippen LogP contribution in [0.4, 0.5) is 0 Å². The van der Waals surface area contributed by atoms with E-state index in [1.165, 1.54) is 50.5 Å². The predicted molar refractivity (Wildman–Crippen MR) is 134 cm³/mol. The van der Waals surface area contributed by atoms with Crippen LogP contribution in [-0.4, -0.2) is 23.4 Å². The van der Waals surface area contributed by atoms with Crippen molar-refractivity contribution in [2.75, 3.05) is 13.2 Å². The normalized spacial score (nSPS) is 46.0. The summed E-state index contributed by atoms with van der Waals surface area (Å²) >= 11 is 0. The molecule has 0 heterocycles. The van der Waals surface area contributed by atoms with Crippen molar-refractivity contribution in [1.82, 2.24) is 0 Å². The first-order chi connectivity index (χ1) is 15.1. The largest absolute Gasteiger partial charge is 0.392 e. The molecule has 0 amide bonds. The molecule has 2 heteroatoms. The summed E-state index contributed by atoms with van der Waals surface area (Å²) in [7, 11) is 0. The van der Waals surface area contributed by atoms with Crippen LogP contribution in [0.3, 0.4) is 0 Å². The average Bonchev–Trinajstić information content (AvgIpc) is 3.36. The highest BCUT2D eigenvalue weighted by molar-refractivity contribution is 5.29. The van der Waals surface area contributed by atoms with Crippen molar-refractivity contribution in [2.24, 2.45) is 45.8 Å². The van der Waals surface area contributed by atoms with Crippen molar-refractivity contribution >= 4 is 0 Å². The highest BCUT2D eigenvalue weighted by Gasteiger charge is 2.80. The van der Waals surface area contributed by atoms with Gasteiger partial charge in [-0.15, -0.1) is 0 Å². The molecule has 6 fully saturated rings. The lowest BCUT2D eigenvalue weighted by atomic mass is 9.69. The summed E-state index contributed by atoms with van der Waals surface area (Å²) in [6.45, 7) is 16.3. The molecule has 6 atom stereocenters. The molecule has 0 aromatic rings. The second-order valence-electron chi connectivity index (χ2n) is 12.7. The molecule has 6 rings (SSSR count). The van der Waals surface area contributed by atoms with Gasteiger partial charge in [0, 0.05) is 0 Å². The molecule has 0 aromatic carbocycles. The van der Waals surface area contributed by atoms with Gasteiger partial charge in [-0.3, -0.25) is 0 Å². The Morgan fingerprint density at radius 3 is 1.88 bits per heavy atom. The first-order valence-corrected chi connectivity index (χ1v) is 13.3. The fourth-order valence-electron chi connectivity index (χ4n) is 8.84. The molecule has 2 N–H and O–H groups in total. The Kier molecular flexibility index (Phi) is 6.62. The van der Waals surface area contributed by atoms with Crippen molar-refractivity contribution < 1.29 is 10.2 Å². The fourth-order valence-corrected chi connectivity index (χ4v) is 8.84. The Bertz CT molecular complexity index is 779. The Morgan fingerprint density at radius 2 is 1.44 bits per heavy atom. The van der Waals surface area contributed by atoms with Gasteiger partial charge in [-0.2, -0.15) is 0 Å². The molecule has 0 radical (unpaired) electrons. The Labute approximate surface area is 197 Å². The SMILES string of the molecule is C=C1[C@@H]2CC[C@@H](C2)C1(C)CC/C=C(/C)CO.CC(=CCCC1(C)C2CC3C(C2)C31C)CO. The second-order valence-corrected chi connectivity index (χ2v) is 12.7. The van der Waals surface area contributed by atoms with Gasteiger partial charge in [-0.1, -0.05) is 56.2 Å². The molecule has 6 bridgehead atoms. The molecule has 6 aliphatic carbocycles. The van der Waals surface area contributed by atoms with E-state index in [4.69, 9.17) is 10.2 Å². The molecule has 180 valence electrons. The monoisotopic (exact) mass is 440 g/mol. The Morgan fingerprint density at radius 1 is 0.875 bits per heavy atom. The third-order valence-corrected chi connectivity index (χ3v) is 11.5. The van der Waals surface area contributed by atoms with Gasteiger partial charge in [0.15, 0.2) is 0 Å². The van der Waals surface area contributed by atoms with E-state index in [0.29, 0.717) is 16.2 Å². The first kappa shape index (κ1) is 24.3. The average molecular weight is 441 g/mol. The van der Waals surface area contributed by atoms with Crippen LogP contribution in [0.5, 0.6) is 0 Å². The smallest absolute Gasteiger partial charge is 0.0639 e. The van der Waals surface area contributed by atoms with E-state index in [9.17, 15) is 0 Å². The lowest BCUT2D eigenvalue weighted by molar-refractivity contribution is 0.154. The molecular weight excluding hydrogens is 392 g/mol. The summed E-state index contributed by atoms with van der Waals surface area (Å²) in [5.41, 5.74) is 5.42. The number of fused-ring (bicyclic) bond motifs is 2. The summed E-state index contributed by atoms with van der Waals surface area (Å²) in [4.78, 5) is 0. The van der Waals surface area contributed by atoms with Crippen molar-refractivity contribution in [3.63, 3.8) is 0 Å². The summed E-state index contributed by atoms with van der Waals surface area (Å²) in [6, 6.07) is 0. The van der Waals surface area contributed by atoms with Crippen LogP contribution in [0, 0.1) is 45.8 Å².